The number of carbonyl (C=O) groups excluding carboxylic acids is 1. The summed E-state index contributed by atoms with van der Waals surface area (Å²) < 4.78 is 35.3. The molecule has 0 heterocycles. The summed E-state index contributed by atoms with van der Waals surface area (Å²) in [6.45, 7) is -0.0478. The third-order valence-corrected chi connectivity index (χ3v) is 2.48. The maximum atomic E-state index is 11.8. The van der Waals surface area contributed by atoms with Crippen LogP contribution in [0.2, 0.25) is 0 Å². The summed E-state index contributed by atoms with van der Waals surface area (Å²) in [6, 6.07) is 0. The molecule has 1 aliphatic rings. The van der Waals surface area contributed by atoms with Crippen molar-refractivity contribution in [2.24, 2.45) is 5.41 Å². The Hall–Kier alpha value is -0.780. The van der Waals surface area contributed by atoms with E-state index in [1.807, 2.05) is 5.32 Å². The maximum absolute atomic E-state index is 11.8. The summed E-state index contributed by atoms with van der Waals surface area (Å²) in [7, 11) is 0. The van der Waals surface area contributed by atoms with Crippen molar-refractivity contribution in [1.29, 1.82) is 0 Å². The summed E-state index contributed by atoms with van der Waals surface area (Å²) in [5.74, 6) is -1.90. The number of amides is 1. The van der Waals surface area contributed by atoms with Crippen LogP contribution in [0.1, 0.15) is 19.3 Å². The van der Waals surface area contributed by atoms with E-state index in [4.69, 9.17) is 5.11 Å². The fourth-order valence-electron chi connectivity index (χ4n) is 1.30. The molecule has 14 heavy (non-hydrogen) atoms. The molecule has 0 radical (unpaired) electrons. The van der Waals surface area contributed by atoms with Crippen molar-refractivity contribution in [2.45, 2.75) is 25.4 Å². The first-order chi connectivity index (χ1) is 6.40. The summed E-state index contributed by atoms with van der Waals surface area (Å²) >= 11 is 0. The van der Waals surface area contributed by atoms with Crippen LogP contribution >= 0.6 is 0 Å². The third kappa shape index (κ3) is 2.87. The Balaban J connectivity index is 2.30. The zero-order valence-electron chi connectivity index (χ0n) is 7.52. The quantitative estimate of drug-likeness (QED) is 0.723. The fraction of sp³-hybridized carbons (Fsp3) is 0.875. The molecule has 6 heteroatoms. The van der Waals surface area contributed by atoms with Gasteiger partial charge >= 0.3 is 12.1 Å². The number of aliphatic hydroxyl groups excluding tert-OH is 1. The van der Waals surface area contributed by atoms with E-state index in [2.05, 4.69) is 0 Å². The van der Waals surface area contributed by atoms with Gasteiger partial charge in [0.05, 0.1) is 0 Å². The highest BCUT2D eigenvalue weighted by molar-refractivity contribution is 5.81. The average Bonchev–Trinajstić information content (AvgIpc) is 2.80. The Morgan fingerprint density at radius 1 is 1.43 bits per heavy atom. The van der Waals surface area contributed by atoms with Crippen molar-refractivity contribution in [3.8, 4) is 0 Å². The predicted molar refractivity (Wildman–Crippen MR) is 42.4 cm³/mol. The van der Waals surface area contributed by atoms with Crippen molar-refractivity contribution >= 4 is 5.91 Å². The Kier molecular flexibility index (Phi) is 3.04. The molecule has 0 spiro atoms. The predicted octanol–water partition coefficient (Wildman–Crippen LogP) is 0.827. The van der Waals surface area contributed by atoms with Gasteiger partial charge < -0.3 is 10.4 Å². The van der Waals surface area contributed by atoms with Gasteiger partial charge in [-0.25, -0.2) is 0 Å². The van der Waals surface area contributed by atoms with Crippen molar-refractivity contribution in [3.63, 3.8) is 0 Å². The molecule has 3 nitrogen and oxygen atoms in total. The Labute approximate surface area is 79.3 Å². The smallest absolute Gasteiger partial charge is 0.396 e. The summed E-state index contributed by atoms with van der Waals surface area (Å²) in [4.78, 5) is 10.4. The first kappa shape index (κ1) is 11.3. The second-order valence-corrected chi connectivity index (χ2v) is 3.65. The lowest BCUT2D eigenvalue weighted by Gasteiger charge is -2.15. The topological polar surface area (TPSA) is 49.3 Å². The summed E-state index contributed by atoms with van der Waals surface area (Å²) in [5.41, 5.74) is -0.282. The molecule has 1 aliphatic carbocycles. The van der Waals surface area contributed by atoms with Gasteiger partial charge in [-0.3, -0.25) is 4.79 Å². The lowest BCUT2D eigenvalue weighted by molar-refractivity contribution is -0.173. The number of nitrogens with one attached hydrogen (secondary N) is 1. The van der Waals surface area contributed by atoms with Crippen LogP contribution in [0.5, 0.6) is 0 Å². The van der Waals surface area contributed by atoms with Crippen molar-refractivity contribution in [2.75, 3.05) is 13.2 Å². The van der Waals surface area contributed by atoms with E-state index in [0.717, 1.165) is 12.8 Å². The molecule has 1 saturated carbocycles. The first-order valence-corrected chi connectivity index (χ1v) is 4.36. The van der Waals surface area contributed by atoms with Crippen LogP contribution in [0.15, 0.2) is 0 Å². The molecule has 0 aliphatic heterocycles. The Morgan fingerprint density at radius 2 is 2.00 bits per heavy atom. The highest BCUT2D eigenvalue weighted by atomic mass is 19.4. The molecule has 0 aromatic carbocycles. The zero-order chi connectivity index (χ0) is 10.8. The Morgan fingerprint density at radius 3 is 2.36 bits per heavy atom. The molecule has 0 saturated heterocycles. The third-order valence-electron chi connectivity index (χ3n) is 2.48. The molecule has 0 unspecified atom stereocenters. The summed E-state index contributed by atoms with van der Waals surface area (Å²) in [6.07, 6.45) is -2.82. The number of rotatable bonds is 4. The van der Waals surface area contributed by atoms with Gasteiger partial charge in [-0.1, -0.05) is 0 Å². The van der Waals surface area contributed by atoms with Gasteiger partial charge in [-0.05, 0) is 24.7 Å². The van der Waals surface area contributed by atoms with Crippen LogP contribution in [0.25, 0.3) is 0 Å². The SMILES string of the molecule is O=C(NCC1(CCO)CC1)C(F)(F)F. The van der Waals surface area contributed by atoms with E-state index in [1.165, 1.54) is 0 Å². The van der Waals surface area contributed by atoms with Crippen LogP contribution in [0.4, 0.5) is 13.2 Å². The highest BCUT2D eigenvalue weighted by Crippen LogP contribution is 2.47. The van der Waals surface area contributed by atoms with Crippen LogP contribution in [-0.2, 0) is 4.79 Å². The minimum Gasteiger partial charge on any atom is -0.396 e. The van der Waals surface area contributed by atoms with E-state index < -0.39 is 12.1 Å². The second kappa shape index (κ2) is 3.76. The van der Waals surface area contributed by atoms with Crippen LogP contribution < -0.4 is 5.32 Å². The second-order valence-electron chi connectivity index (χ2n) is 3.65. The molecule has 0 aromatic rings. The molecule has 0 bridgehead atoms. The lowest BCUT2D eigenvalue weighted by atomic mass is 10.0. The zero-order valence-corrected chi connectivity index (χ0v) is 7.52. The van der Waals surface area contributed by atoms with E-state index >= 15 is 0 Å². The Bertz CT molecular complexity index is 223. The van der Waals surface area contributed by atoms with Gasteiger partial charge in [0.1, 0.15) is 0 Å². The van der Waals surface area contributed by atoms with Gasteiger partial charge in [0, 0.05) is 13.2 Å². The van der Waals surface area contributed by atoms with Crippen molar-refractivity contribution in [1.82, 2.24) is 5.32 Å². The van der Waals surface area contributed by atoms with Gasteiger partial charge in [0.25, 0.3) is 0 Å². The van der Waals surface area contributed by atoms with E-state index in [1.54, 1.807) is 0 Å². The number of hydrogen-bond acceptors (Lipinski definition) is 2. The maximum Gasteiger partial charge on any atom is 0.471 e. The van der Waals surface area contributed by atoms with Crippen molar-refractivity contribution in [3.05, 3.63) is 0 Å². The number of hydrogen-bond donors (Lipinski definition) is 2. The van der Waals surface area contributed by atoms with Crippen LogP contribution in [0.3, 0.4) is 0 Å². The number of carbonyl (C=O) groups is 1. The number of halogens is 3. The van der Waals surface area contributed by atoms with E-state index in [0.29, 0.717) is 6.42 Å². The van der Waals surface area contributed by atoms with Gasteiger partial charge in [0.2, 0.25) is 0 Å². The van der Waals surface area contributed by atoms with Crippen LogP contribution in [-0.4, -0.2) is 30.3 Å². The molecule has 2 N–H and O–H groups in total. The van der Waals surface area contributed by atoms with E-state index in [9.17, 15) is 18.0 Å². The average molecular weight is 211 g/mol. The molecule has 1 rings (SSSR count). The molecule has 1 fully saturated rings. The highest BCUT2D eigenvalue weighted by Gasteiger charge is 2.45. The van der Waals surface area contributed by atoms with Crippen LogP contribution in [0, 0.1) is 5.41 Å². The first-order valence-electron chi connectivity index (χ1n) is 4.36. The van der Waals surface area contributed by atoms with Crippen molar-refractivity contribution < 1.29 is 23.1 Å². The van der Waals surface area contributed by atoms with Gasteiger partial charge in [-0.15, -0.1) is 0 Å². The summed E-state index contributed by atoms with van der Waals surface area (Å²) in [5, 5.41) is 10.5. The minimum absolute atomic E-state index is 0.00586. The largest absolute Gasteiger partial charge is 0.471 e. The fourth-order valence-corrected chi connectivity index (χ4v) is 1.30. The lowest BCUT2D eigenvalue weighted by Crippen LogP contribution is -2.40. The molecule has 0 aromatic heterocycles. The van der Waals surface area contributed by atoms with E-state index in [-0.39, 0.29) is 18.6 Å². The molecule has 0 atom stereocenters. The molecular formula is C8H12F3NO2. The van der Waals surface area contributed by atoms with Gasteiger partial charge in [-0.2, -0.15) is 13.2 Å². The molecule has 82 valence electrons. The number of alkyl halides is 3. The standard InChI is InChI=1S/C8H12F3NO2/c9-8(10,11)6(14)12-5-7(1-2-7)3-4-13/h13H,1-5H2,(H,12,14). The molecular weight excluding hydrogens is 199 g/mol. The van der Waals surface area contributed by atoms with Gasteiger partial charge in [0.15, 0.2) is 0 Å². The monoisotopic (exact) mass is 211 g/mol. The normalized spacial score (nSPS) is 19.1. The number of aliphatic hydroxyl groups is 1. The molecule has 1 amide bonds. The minimum atomic E-state index is -4.81.